The molecule has 2 aromatic rings. The van der Waals surface area contributed by atoms with Crippen LogP contribution in [0.25, 0.3) is 5.76 Å². The van der Waals surface area contributed by atoms with Gasteiger partial charge in [-0.15, -0.1) is 0 Å². The van der Waals surface area contributed by atoms with Gasteiger partial charge in [-0.3, -0.25) is 9.59 Å². The molecule has 0 saturated carbocycles. The summed E-state index contributed by atoms with van der Waals surface area (Å²) in [6, 6.07) is 17.3. The molecule has 0 N–H and O–H groups in total. The van der Waals surface area contributed by atoms with Crippen LogP contribution in [0.3, 0.4) is 0 Å². The smallest absolute Gasteiger partial charge is 0.241 e. The van der Waals surface area contributed by atoms with Crippen LogP contribution < -0.4 is 4.90 Å². The number of allylic oxidation sites excluding steroid dienone is 1. The Kier molecular flexibility index (Phi) is 3.49. The largest absolute Gasteiger partial charge is 0.491 e. The fourth-order valence-electron chi connectivity index (χ4n) is 3.87. The zero-order valence-electron chi connectivity index (χ0n) is 14.3. The van der Waals surface area contributed by atoms with Crippen LogP contribution in [0.5, 0.6) is 0 Å². The number of Topliss-reactive ketones (excluding diaryl/α,β-unsaturated/α-hetero) is 1. The molecule has 1 spiro atoms. The normalized spacial score (nSPS) is 22.2. The van der Waals surface area contributed by atoms with Gasteiger partial charge in [0.15, 0.2) is 5.78 Å². The molecule has 1 amide bonds. The Morgan fingerprint density at radius 3 is 2.48 bits per heavy atom. The number of carbonyl (C=O) groups excluding carboxylic acids is 2. The minimum atomic E-state index is -0.815. The van der Waals surface area contributed by atoms with Crippen molar-refractivity contribution >= 4 is 23.1 Å². The summed E-state index contributed by atoms with van der Waals surface area (Å²) in [6.07, 6.45) is 0.368. The van der Waals surface area contributed by atoms with Crippen molar-refractivity contribution in [2.45, 2.75) is 18.8 Å². The number of hydrogen-bond acceptors (Lipinski definition) is 3. The minimum Gasteiger partial charge on any atom is -0.491 e. The molecule has 4 rings (SSSR count). The molecule has 0 aliphatic carbocycles. The third-order valence-corrected chi connectivity index (χ3v) is 5.17. The lowest BCUT2D eigenvalue weighted by Gasteiger charge is -2.34. The van der Waals surface area contributed by atoms with Crippen molar-refractivity contribution in [2.24, 2.45) is 0 Å². The highest BCUT2D eigenvalue weighted by Crippen LogP contribution is 2.48. The number of likely N-dealkylation sites (N-methyl/N-ethyl adjacent to an activating group) is 1. The SMILES string of the molecule is CC(=O)C1=C(c2ccccc2)OCC2(C1)C(=O)N(C)c1ccccc12. The van der Waals surface area contributed by atoms with Crippen molar-refractivity contribution in [1.82, 2.24) is 0 Å². The summed E-state index contributed by atoms with van der Waals surface area (Å²) in [6.45, 7) is 1.78. The Labute approximate surface area is 146 Å². The zero-order chi connectivity index (χ0) is 17.6. The number of ketones is 1. The lowest BCUT2D eigenvalue weighted by Crippen LogP contribution is -2.45. The topological polar surface area (TPSA) is 46.6 Å². The molecule has 0 saturated heterocycles. The Hall–Kier alpha value is -2.88. The number of anilines is 1. The molecule has 0 aromatic heterocycles. The summed E-state index contributed by atoms with van der Waals surface area (Å²) >= 11 is 0. The van der Waals surface area contributed by atoms with Gasteiger partial charge in [-0.2, -0.15) is 0 Å². The first-order valence-electron chi connectivity index (χ1n) is 8.34. The number of benzene rings is 2. The van der Waals surface area contributed by atoms with E-state index < -0.39 is 5.41 Å². The zero-order valence-corrected chi connectivity index (χ0v) is 14.3. The quantitative estimate of drug-likeness (QED) is 0.847. The van der Waals surface area contributed by atoms with E-state index in [4.69, 9.17) is 4.74 Å². The van der Waals surface area contributed by atoms with Crippen LogP contribution in [-0.4, -0.2) is 25.3 Å². The molecule has 2 heterocycles. The van der Waals surface area contributed by atoms with Gasteiger partial charge in [0.2, 0.25) is 5.91 Å². The Balaban J connectivity index is 1.86. The standard InChI is InChI=1S/C21H19NO3/c1-14(23)16-12-21(13-25-19(16)15-8-4-3-5-9-15)17-10-6-7-11-18(17)22(2)20(21)24/h3-11H,12-13H2,1-2H3. The number of rotatable bonds is 2. The highest BCUT2D eigenvalue weighted by atomic mass is 16.5. The Morgan fingerprint density at radius 1 is 1.08 bits per heavy atom. The van der Waals surface area contributed by atoms with E-state index >= 15 is 0 Å². The molecule has 1 unspecified atom stereocenters. The predicted molar refractivity (Wildman–Crippen MR) is 96.1 cm³/mol. The van der Waals surface area contributed by atoms with E-state index in [0.29, 0.717) is 17.8 Å². The summed E-state index contributed by atoms with van der Waals surface area (Å²) in [7, 11) is 1.78. The molecule has 0 radical (unpaired) electrons. The van der Waals surface area contributed by atoms with Gasteiger partial charge in [0.05, 0.1) is 0 Å². The van der Waals surface area contributed by atoms with Gasteiger partial charge < -0.3 is 9.64 Å². The molecule has 0 bridgehead atoms. The maximum Gasteiger partial charge on any atom is 0.241 e. The van der Waals surface area contributed by atoms with Gasteiger partial charge in [0.1, 0.15) is 17.8 Å². The van der Waals surface area contributed by atoms with Crippen LogP contribution in [0.2, 0.25) is 0 Å². The van der Waals surface area contributed by atoms with Crippen molar-refractivity contribution in [3.05, 3.63) is 71.3 Å². The van der Waals surface area contributed by atoms with Crippen LogP contribution in [0, 0.1) is 0 Å². The first kappa shape index (κ1) is 15.6. The van der Waals surface area contributed by atoms with Crippen molar-refractivity contribution in [1.29, 1.82) is 0 Å². The lowest BCUT2D eigenvalue weighted by molar-refractivity contribution is -0.125. The molecule has 126 valence electrons. The summed E-state index contributed by atoms with van der Waals surface area (Å²) in [5.41, 5.74) is 2.46. The van der Waals surface area contributed by atoms with Gasteiger partial charge >= 0.3 is 0 Å². The van der Waals surface area contributed by atoms with Gasteiger partial charge in [-0.1, -0.05) is 48.5 Å². The lowest BCUT2D eigenvalue weighted by atomic mass is 9.74. The van der Waals surface area contributed by atoms with Crippen molar-refractivity contribution < 1.29 is 14.3 Å². The molecular weight excluding hydrogens is 314 g/mol. The molecule has 4 heteroatoms. The average Bonchev–Trinajstić information content (AvgIpc) is 2.85. The highest BCUT2D eigenvalue weighted by molar-refractivity contribution is 6.10. The molecule has 2 aliphatic heterocycles. The van der Waals surface area contributed by atoms with Gasteiger partial charge in [0.25, 0.3) is 0 Å². The monoisotopic (exact) mass is 333 g/mol. The first-order valence-corrected chi connectivity index (χ1v) is 8.34. The average molecular weight is 333 g/mol. The van der Waals surface area contributed by atoms with Crippen molar-refractivity contribution in [2.75, 3.05) is 18.6 Å². The summed E-state index contributed by atoms with van der Waals surface area (Å²) in [4.78, 5) is 27.1. The van der Waals surface area contributed by atoms with E-state index in [1.165, 1.54) is 6.92 Å². The van der Waals surface area contributed by atoms with E-state index in [0.717, 1.165) is 16.8 Å². The van der Waals surface area contributed by atoms with E-state index in [9.17, 15) is 9.59 Å². The van der Waals surface area contributed by atoms with Crippen molar-refractivity contribution in [3.63, 3.8) is 0 Å². The number of amides is 1. The third kappa shape index (κ3) is 2.21. The number of hydrogen-bond donors (Lipinski definition) is 0. The van der Waals surface area contributed by atoms with Crippen LogP contribution in [-0.2, 0) is 19.7 Å². The van der Waals surface area contributed by atoms with Crippen LogP contribution in [0.4, 0.5) is 5.69 Å². The van der Waals surface area contributed by atoms with Crippen molar-refractivity contribution in [3.8, 4) is 0 Å². The number of fused-ring (bicyclic) bond motifs is 2. The number of para-hydroxylation sites is 1. The van der Waals surface area contributed by atoms with E-state index in [-0.39, 0.29) is 18.3 Å². The summed E-state index contributed by atoms with van der Waals surface area (Å²) in [5.74, 6) is 0.524. The molecule has 1 atom stereocenters. The van der Waals surface area contributed by atoms with Crippen LogP contribution >= 0.6 is 0 Å². The molecule has 0 fully saturated rings. The minimum absolute atomic E-state index is 0.0143. The summed E-state index contributed by atoms with van der Waals surface area (Å²) < 4.78 is 6.06. The number of carbonyl (C=O) groups is 2. The van der Waals surface area contributed by atoms with Crippen LogP contribution in [0.15, 0.2) is 60.2 Å². The van der Waals surface area contributed by atoms with E-state index in [1.807, 2.05) is 54.6 Å². The second kappa shape index (κ2) is 5.59. The van der Waals surface area contributed by atoms with Gasteiger partial charge in [-0.05, 0) is 18.6 Å². The Bertz CT molecular complexity index is 900. The predicted octanol–water partition coefficient (Wildman–Crippen LogP) is 3.32. The van der Waals surface area contributed by atoms with Gasteiger partial charge in [0, 0.05) is 30.3 Å². The fourth-order valence-corrected chi connectivity index (χ4v) is 3.87. The molecule has 2 aromatic carbocycles. The highest BCUT2D eigenvalue weighted by Gasteiger charge is 2.53. The fraction of sp³-hybridized carbons (Fsp3) is 0.238. The maximum atomic E-state index is 13.1. The van der Waals surface area contributed by atoms with E-state index in [2.05, 4.69) is 0 Å². The van der Waals surface area contributed by atoms with Gasteiger partial charge in [-0.25, -0.2) is 0 Å². The molecule has 4 nitrogen and oxygen atoms in total. The second-order valence-corrected chi connectivity index (χ2v) is 6.66. The molecular formula is C21H19NO3. The first-order chi connectivity index (χ1) is 12.0. The maximum absolute atomic E-state index is 13.1. The second-order valence-electron chi connectivity index (χ2n) is 6.66. The number of nitrogens with zero attached hydrogens (tertiary/aromatic N) is 1. The molecule has 25 heavy (non-hydrogen) atoms. The third-order valence-electron chi connectivity index (χ3n) is 5.17. The Morgan fingerprint density at radius 2 is 1.76 bits per heavy atom. The summed E-state index contributed by atoms with van der Waals surface area (Å²) in [5, 5.41) is 0. The molecule has 2 aliphatic rings. The van der Waals surface area contributed by atoms with E-state index in [1.54, 1.807) is 11.9 Å². The van der Waals surface area contributed by atoms with Crippen LogP contribution in [0.1, 0.15) is 24.5 Å². The number of ether oxygens (including phenoxy) is 1.